The molecule has 11 nitrogen and oxygen atoms in total. The second-order valence-corrected chi connectivity index (χ2v) is 8.20. The minimum Gasteiger partial charge on any atom is -0.507 e. The molecule has 3 aromatic carbocycles. The molecule has 0 bridgehead atoms. The van der Waals surface area contributed by atoms with Gasteiger partial charge in [-0.1, -0.05) is 5.04 Å². The highest BCUT2D eigenvalue weighted by molar-refractivity contribution is 7.94. The predicted molar refractivity (Wildman–Crippen MR) is 127 cm³/mol. The molecule has 0 amide bonds. The first-order valence-corrected chi connectivity index (χ1v) is 11.1. The van der Waals surface area contributed by atoms with E-state index >= 15 is 0 Å². The maximum absolute atomic E-state index is 12.3. The summed E-state index contributed by atoms with van der Waals surface area (Å²) >= 11 is 0.738. The summed E-state index contributed by atoms with van der Waals surface area (Å²) in [6, 6.07) is 15.0. The quantitative estimate of drug-likeness (QED) is 0.113. The SMILES string of the molecule is CCOC(=O)c1cc(=O)n(-c2ccc(-c3nc4c(ccc5c(O)cc(SOOO)cc54)[nH]3)cc2)[nH]1. The number of benzene rings is 3. The number of phenolic OH excluding ortho intramolecular Hbond substituents is 1. The summed E-state index contributed by atoms with van der Waals surface area (Å²) < 4.78 is 10.7. The van der Waals surface area contributed by atoms with Crippen molar-refractivity contribution in [2.75, 3.05) is 6.61 Å². The van der Waals surface area contributed by atoms with Crippen molar-refractivity contribution in [3.8, 4) is 22.8 Å². The Labute approximate surface area is 200 Å². The third-order valence-corrected chi connectivity index (χ3v) is 5.87. The molecule has 12 heteroatoms. The van der Waals surface area contributed by atoms with E-state index in [0.29, 0.717) is 32.7 Å². The Hall–Kier alpha value is -4.10. The largest absolute Gasteiger partial charge is 0.507 e. The molecule has 5 rings (SSSR count). The summed E-state index contributed by atoms with van der Waals surface area (Å²) in [5.41, 5.74) is 2.35. The number of fused-ring (bicyclic) bond motifs is 3. The van der Waals surface area contributed by atoms with Crippen LogP contribution in [0, 0.1) is 0 Å². The van der Waals surface area contributed by atoms with Crippen molar-refractivity contribution >= 4 is 39.8 Å². The van der Waals surface area contributed by atoms with Crippen molar-refractivity contribution in [2.24, 2.45) is 0 Å². The lowest BCUT2D eigenvalue weighted by Crippen LogP contribution is -2.13. The lowest BCUT2D eigenvalue weighted by molar-refractivity contribution is -0.432. The number of nitrogens with zero attached hydrogens (tertiary/aromatic N) is 2. The molecule has 0 saturated carbocycles. The molecular formula is C23H18N4O7S. The molecule has 0 aliphatic rings. The van der Waals surface area contributed by atoms with Crippen LogP contribution in [0.15, 0.2) is 64.3 Å². The maximum Gasteiger partial charge on any atom is 0.356 e. The minimum absolute atomic E-state index is 0.0286. The zero-order valence-electron chi connectivity index (χ0n) is 18.1. The summed E-state index contributed by atoms with van der Waals surface area (Å²) in [5.74, 6) is 0.0102. The van der Waals surface area contributed by atoms with Crippen molar-refractivity contribution < 1.29 is 29.3 Å². The van der Waals surface area contributed by atoms with Gasteiger partial charge in [0.15, 0.2) is 0 Å². The molecule has 0 unspecified atom stereocenters. The van der Waals surface area contributed by atoms with Gasteiger partial charge in [-0.25, -0.2) is 19.7 Å². The Kier molecular flexibility index (Phi) is 6.01. The minimum atomic E-state index is -0.600. The van der Waals surface area contributed by atoms with E-state index in [4.69, 9.17) is 15.0 Å². The average Bonchev–Trinajstić information content (AvgIpc) is 3.47. The van der Waals surface area contributed by atoms with E-state index in [2.05, 4.69) is 19.5 Å². The molecule has 178 valence electrons. The number of carbonyl (C=O) groups excluding carboxylic acids is 1. The van der Waals surface area contributed by atoms with E-state index in [9.17, 15) is 14.7 Å². The van der Waals surface area contributed by atoms with Gasteiger partial charge in [-0.3, -0.25) is 9.89 Å². The summed E-state index contributed by atoms with van der Waals surface area (Å²) in [7, 11) is 0. The summed E-state index contributed by atoms with van der Waals surface area (Å²) in [5, 5.41) is 26.5. The van der Waals surface area contributed by atoms with E-state index in [0.717, 1.165) is 23.1 Å². The van der Waals surface area contributed by atoms with Crippen LogP contribution in [0.1, 0.15) is 17.4 Å². The van der Waals surface area contributed by atoms with Gasteiger partial charge in [0.25, 0.3) is 5.56 Å². The van der Waals surface area contributed by atoms with Crippen LogP contribution in [-0.2, 0) is 14.1 Å². The first-order valence-electron chi connectivity index (χ1n) is 10.4. The zero-order chi connectivity index (χ0) is 24.5. The molecular weight excluding hydrogens is 476 g/mol. The van der Waals surface area contributed by atoms with Crippen LogP contribution in [0.5, 0.6) is 5.75 Å². The third kappa shape index (κ3) is 4.26. The van der Waals surface area contributed by atoms with Gasteiger partial charge in [0.1, 0.15) is 17.3 Å². The molecule has 0 spiro atoms. The van der Waals surface area contributed by atoms with Crippen molar-refractivity contribution in [3.63, 3.8) is 0 Å². The van der Waals surface area contributed by atoms with E-state index in [-0.39, 0.29) is 23.6 Å². The van der Waals surface area contributed by atoms with Crippen molar-refractivity contribution in [3.05, 3.63) is 70.6 Å². The smallest absolute Gasteiger partial charge is 0.356 e. The monoisotopic (exact) mass is 494 g/mol. The van der Waals surface area contributed by atoms with E-state index in [1.165, 1.54) is 16.8 Å². The number of aromatic hydroxyl groups is 1. The highest BCUT2D eigenvalue weighted by Crippen LogP contribution is 2.36. The molecule has 2 aromatic heterocycles. The Morgan fingerprint density at radius 1 is 1.11 bits per heavy atom. The Balaban J connectivity index is 1.50. The highest BCUT2D eigenvalue weighted by atomic mass is 32.2. The first-order chi connectivity index (χ1) is 17.0. The lowest BCUT2D eigenvalue weighted by Gasteiger charge is -2.05. The fraction of sp³-hybridized carbons (Fsp3) is 0.0870. The summed E-state index contributed by atoms with van der Waals surface area (Å²) in [4.78, 5) is 32.7. The number of imidazole rings is 1. The van der Waals surface area contributed by atoms with Gasteiger partial charge in [-0.15, -0.1) is 4.33 Å². The molecule has 0 radical (unpaired) electrons. The molecule has 0 atom stereocenters. The number of esters is 1. The van der Waals surface area contributed by atoms with Gasteiger partial charge in [-0.05, 0) is 55.5 Å². The molecule has 0 aliphatic heterocycles. The number of hydrogen-bond acceptors (Lipinski definition) is 9. The van der Waals surface area contributed by atoms with Gasteiger partial charge >= 0.3 is 5.97 Å². The van der Waals surface area contributed by atoms with Crippen LogP contribution < -0.4 is 5.56 Å². The first kappa shape index (κ1) is 22.7. The van der Waals surface area contributed by atoms with E-state index in [1.54, 1.807) is 43.3 Å². The van der Waals surface area contributed by atoms with Crippen LogP contribution in [0.3, 0.4) is 0 Å². The number of carbonyl (C=O) groups is 1. The number of ether oxygens (including phenoxy) is 1. The molecule has 2 heterocycles. The highest BCUT2D eigenvalue weighted by Gasteiger charge is 2.15. The van der Waals surface area contributed by atoms with Crippen LogP contribution in [0.4, 0.5) is 0 Å². The number of rotatable bonds is 7. The summed E-state index contributed by atoms with van der Waals surface area (Å²) in [6.45, 7) is 1.89. The van der Waals surface area contributed by atoms with Gasteiger partial charge in [0, 0.05) is 27.3 Å². The lowest BCUT2D eigenvalue weighted by atomic mass is 10.1. The zero-order valence-corrected chi connectivity index (χ0v) is 19.0. The van der Waals surface area contributed by atoms with Gasteiger partial charge in [-0.2, -0.15) is 0 Å². The number of aromatic amines is 2. The Bertz CT molecular complexity index is 1600. The topological polar surface area (TPSA) is 152 Å². The van der Waals surface area contributed by atoms with Gasteiger partial charge in [0.05, 0.1) is 35.4 Å². The molecule has 4 N–H and O–H groups in total. The fourth-order valence-electron chi connectivity index (χ4n) is 3.77. The second-order valence-electron chi connectivity index (χ2n) is 7.42. The van der Waals surface area contributed by atoms with Crippen LogP contribution in [0.2, 0.25) is 0 Å². The van der Waals surface area contributed by atoms with E-state index in [1.807, 2.05) is 6.07 Å². The summed E-state index contributed by atoms with van der Waals surface area (Å²) in [6.07, 6.45) is 0. The molecule has 5 aromatic rings. The molecule has 0 fully saturated rings. The van der Waals surface area contributed by atoms with Gasteiger partial charge < -0.3 is 14.8 Å². The Morgan fingerprint density at radius 2 is 1.91 bits per heavy atom. The molecule has 0 aliphatic carbocycles. The van der Waals surface area contributed by atoms with Crippen LogP contribution >= 0.6 is 12.0 Å². The Morgan fingerprint density at radius 3 is 2.66 bits per heavy atom. The van der Waals surface area contributed by atoms with E-state index < -0.39 is 5.97 Å². The van der Waals surface area contributed by atoms with Crippen molar-refractivity contribution in [2.45, 2.75) is 11.8 Å². The fourth-order valence-corrected chi connectivity index (χ4v) is 4.21. The normalized spacial score (nSPS) is 11.4. The third-order valence-electron chi connectivity index (χ3n) is 5.31. The average molecular weight is 494 g/mol. The number of nitrogens with one attached hydrogen (secondary N) is 2. The van der Waals surface area contributed by atoms with Gasteiger partial charge in [0.2, 0.25) is 0 Å². The number of aromatic nitrogens is 4. The maximum atomic E-state index is 12.3. The van der Waals surface area contributed by atoms with Crippen LogP contribution in [0.25, 0.3) is 38.9 Å². The number of phenols is 1. The number of hydrogen-bond donors (Lipinski definition) is 4. The van der Waals surface area contributed by atoms with Crippen molar-refractivity contribution in [1.29, 1.82) is 0 Å². The molecule has 0 saturated heterocycles. The van der Waals surface area contributed by atoms with Crippen molar-refractivity contribution in [1.82, 2.24) is 19.7 Å². The standard InChI is InChI=1S/C23H18N4O7S/c1-2-32-23(30)18-11-20(29)27(26-18)13-5-3-12(4-6-13)22-24-17-8-7-15-16(21(17)25-22)9-14(10-19(15)28)35-34-33-31/h3-11,26,28,31H,2H2,1H3,(H,24,25). The predicted octanol–water partition coefficient (Wildman–Crippen LogP) is 4.17. The molecule has 35 heavy (non-hydrogen) atoms. The number of H-pyrrole nitrogens is 2. The van der Waals surface area contributed by atoms with Crippen LogP contribution in [-0.4, -0.2) is 42.7 Å². The second kappa shape index (κ2) is 9.27.